The van der Waals surface area contributed by atoms with E-state index >= 15 is 0 Å². The molecule has 0 aromatic heterocycles. The molecule has 2 unspecified atom stereocenters. The summed E-state index contributed by atoms with van der Waals surface area (Å²) in [4.78, 5) is 2.84. The van der Waals surface area contributed by atoms with Crippen molar-refractivity contribution in [1.82, 2.24) is 4.90 Å². The number of piperidine rings is 1. The maximum atomic E-state index is 10.5. The van der Waals surface area contributed by atoms with Gasteiger partial charge in [0.25, 0.3) is 0 Å². The zero-order valence-electron chi connectivity index (χ0n) is 18.2. The number of hydrogen-bond acceptors (Lipinski definition) is 5. The number of methoxy groups -OCH3 is 2. The summed E-state index contributed by atoms with van der Waals surface area (Å²) in [7, 11) is 3.59. The highest BCUT2D eigenvalue weighted by molar-refractivity contribution is 5.63. The van der Waals surface area contributed by atoms with Crippen LogP contribution >= 0.6 is 0 Å². The second kappa shape index (κ2) is 5.73. The number of aliphatic hydroxyl groups excluding tert-OH is 1. The molecule has 162 valence electrons. The molecule has 7 aliphatic rings. The number of hydrogen-bond donors (Lipinski definition) is 1. The normalized spacial score (nSPS) is 45.2. The quantitative estimate of drug-likeness (QED) is 0.808. The summed E-state index contributed by atoms with van der Waals surface area (Å²) in [6, 6.07) is 4.96. The Morgan fingerprint density at radius 2 is 2.07 bits per heavy atom. The zero-order chi connectivity index (χ0) is 20.3. The molecule has 6 atom stereocenters. The summed E-state index contributed by atoms with van der Waals surface area (Å²) in [5.74, 6) is 2.87. The van der Waals surface area contributed by atoms with Crippen LogP contribution in [0.5, 0.6) is 11.5 Å². The molecule has 1 aromatic rings. The van der Waals surface area contributed by atoms with Crippen molar-refractivity contribution in [3.63, 3.8) is 0 Å². The third kappa shape index (κ3) is 1.81. The van der Waals surface area contributed by atoms with Gasteiger partial charge >= 0.3 is 0 Å². The highest BCUT2D eigenvalue weighted by Gasteiger charge is 2.80. The van der Waals surface area contributed by atoms with Crippen molar-refractivity contribution in [2.24, 2.45) is 17.3 Å². The van der Waals surface area contributed by atoms with Gasteiger partial charge in [0.2, 0.25) is 0 Å². The predicted octanol–water partition coefficient (Wildman–Crippen LogP) is 2.91. The van der Waals surface area contributed by atoms with Crippen LogP contribution in [0.3, 0.4) is 0 Å². The molecular weight excluding hydrogens is 378 g/mol. The zero-order valence-corrected chi connectivity index (χ0v) is 18.2. The molecule has 0 amide bonds. The molecule has 4 saturated carbocycles. The molecule has 30 heavy (non-hydrogen) atoms. The average molecular weight is 412 g/mol. The van der Waals surface area contributed by atoms with Crippen molar-refractivity contribution < 1.29 is 19.3 Å². The largest absolute Gasteiger partial charge is 0.493 e. The summed E-state index contributed by atoms with van der Waals surface area (Å²) in [6.45, 7) is 2.59. The Labute approximate surface area is 178 Å². The van der Waals surface area contributed by atoms with Crippen LogP contribution in [0.1, 0.15) is 49.7 Å². The molecule has 5 nitrogen and oxygen atoms in total. The Morgan fingerprint density at radius 1 is 1.20 bits per heavy atom. The van der Waals surface area contributed by atoms with Gasteiger partial charge in [-0.15, -0.1) is 0 Å². The van der Waals surface area contributed by atoms with Gasteiger partial charge in [-0.05, 0) is 69.0 Å². The van der Waals surface area contributed by atoms with Gasteiger partial charge in [0.05, 0.1) is 7.11 Å². The van der Waals surface area contributed by atoms with E-state index in [0.29, 0.717) is 6.04 Å². The summed E-state index contributed by atoms with van der Waals surface area (Å²) in [6.07, 6.45) is 8.24. The number of fused-ring (bicyclic) bond motifs is 2. The Hall–Kier alpha value is -1.30. The number of likely N-dealkylation sites (tertiary alicyclic amines) is 1. The maximum absolute atomic E-state index is 10.5. The topological polar surface area (TPSA) is 51.2 Å². The van der Waals surface area contributed by atoms with Crippen LogP contribution in [0.4, 0.5) is 0 Å². The molecule has 5 fully saturated rings. The molecule has 8 rings (SSSR count). The highest BCUT2D eigenvalue weighted by atomic mass is 16.6. The summed E-state index contributed by atoms with van der Waals surface area (Å²) in [5.41, 5.74) is 2.66. The van der Waals surface area contributed by atoms with Gasteiger partial charge in [-0.2, -0.15) is 0 Å². The van der Waals surface area contributed by atoms with Crippen LogP contribution in [-0.2, 0) is 16.6 Å². The van der Waals surface area contributed by atoms with Crippen LogP contribution < -0.4 is 9.47 Å². The molecule has 1 N–H and O–H groups in total. The van der Waals surface area contributed by atoms with Gasteiger partial charge in [0, 0.05) is 48.6 Å². The molecule has 1 saturated heterocycles. The van der Waals surface area contributed by atoms with Crippen molar-refractivity contribution in [3.8, 4) is 11.5 Å². The molecule has 2 aliphatic heterocycles. The summed E-state index contributed by atoms with van der Waals surface area (Å²) < 4.78 is 19.0. The van der Waals surface area contributed by atoms with Crippen LogP contribution in [0, 0.1) is 17.3 Å². The number of ether oxygens (including phenoxy) is 3. The summed E-state index contributed by atoms with van der Waals surface area (Å²) >= 11 is 0. The van der Waals surface area contributed by atoms with Crippen molar-refractivity contribution in [3.05, 3.63) is 23.3 Å². The van der Waals surface area contributed by atoms with Crippen molar-refractivity contribution >= 4 is 0 Å². The van der Waals surface area contributed by atoms with E-state index < -0.39 is 5.60 Å². The van der Waals surface area contributed by atoms with E-state index in [4.69, 9.17) is 14.2 Å². The highest BCUT2D eigenvalue weighted by Crippen LogP contribution is 2.76. The van der Waals surface area contributed by atoms with Gasteiger partial charge in [-0.1, -0.05) is 6.07 Å². The van der Waals surface area contributed by atoms with Crippen LogP contribution in [0.2, 0.25) is 0 Å². The molecule has 0 radical (unpaired) electrons. The molecule has 5 aliphatic carbocycles. The molecule has 2 spiro atoms. The third-order valence-electron chi connectivity index (χ3n) is 10.2. The van der Waals surface area contributed by atoms with Crippen molar-refractivity contribution in [1.29, 1.82) is 0 Å². The first-order valence-corrected chi connectivity index (χ1v) is 11.9. The van der Waals surface area contributed by atoms with E-state index in [1.807, 2.05) is 7.11 Å². The van der Waals surface area contributed by atoms with E-state index in [-0.39, 0.29) is 29.5 Å². The SMILES string of the molecule is COc1ccc2c3c1O[C@@H]1C34CCN(CC3CC3)C(C2)[C@]42CC[C@@]1(OC)[C@@H](CO)C2. The minimum absolute atomic E-state index is 0.00486. The lowest BCUT2D eigenvalue weighted by Gasteiger charge is -2.73. The van der Waals surface area contributed by atoms with E-state index in [2.05, 4.69) is 17.0 Å². The maximum Gasteiger partial charge on any atom is 0.165 e. The monoisotopic (exact) mass is 411 g/mol. The van der Waals surface area contributed by atoms with E-state index in [0.717, 1.165) is 49.6 Å². The van der Waals surface area contributed by atoms with E-state index in [1.165, 1.54) is 36.9 Å². The Balaban J connectivity index is 1.48. The second-order valence-electron chi connectivity index (χ2n) is 10.9. The van der Waals surface area contributed by atoms with Crippen LogP contribution in [-0.4, -0.2) is 61.7 Å². The Morgan fingerprint density at radius 3 is 2.80 bits per heavy atom. The van der Waals surface area contributed by atoms with Crippen LogP contribution in [0.15, 0.2) is 12.1 Å². The molecule has 1 aromatic carbocycles. The minimum atomic E-state index is -0.404. The summed E-state index contributed by atoms with van der Waals surface area (Å²) in [5, 5.41) is 10.5. The van der Waals surface area contributed by atoms with Crippen LogP contribution in [0.25, 0.3) is 0 Å². The van der Waals surface area contributed by atoms with Crippen molar-refractivity contribution in [2.75, 3.05) is 33.9 Å². The Bertz CT molecular complexity index is 915. The number of rotatable bonds is 5. The van der Waals surface area contributed by atoms with Gasteiger partial charge < -0.3 is 19.3 Å². The van der Waals surface area contributed by atoms with Gasteiger partial charge in [-0.3, -0.25) is 4.90 Å². The average Bonchev–Trinajstić information content (AvgIpc) is 3.52. The van der Waals surface area contributed by atoms with Gasteiger partial charge in [0.15, 0.2) is 11.5 Å². The molecule has 4 bridgehead atoms. The van der Waals surface area contributed by atoms with Gasteiger partial charge in [0.1, 0.15) is 11.7 Å². The lowest BCUT2D eigenvalue weighted by atomic mass is 9.35. The third-order valence-corrected chi connectivity index (χ3v) is 10.2. The second-order valence-corrected chi connectivity index (χ2v) is 10.9. The Kier molecular flexibility index (Phi) is 3.49. The number of benzene rings is 1. The number of aliphatic hydroxyl groups is 1. The fraction of sp³-hybridized carbons (Fsp3) is 0.760. The van der Waals surface area contributed by atoms with Gasteiger partial charge in [-0.25, -0.2) is 0 Å². The fourth-order valence-corrected chi connectivity index (χ4v) is 8.91. The fourth-order valence-electron chi connectivity index (χ4n) is 8.91. The first-order chi connectivity index (χ1) is 14.6. The first kappa shape index (κ1) is 18.3. The molecule has 5 heteroatoms. The van der Waals surface area contributed by atoms with E-state index in [1.54, 1.807) is 7.11 Å². The number of nitrogens with zero attached hydrogens (tertiary/aromatic N) is 1. The van der Waals surface area contributed by atoms with E-state index in [9.17, 15) is 5.11 Å². The lowest BCUT2D eigenvalue weighted by Crippen LogP contribution is -2.81. The van der Waals surface area contributed by atoms with Crippen molar-refractivity contribution in [2.45, 2.75) is 68.1 Å². The standard InChI is InChI=1S/C25H33NO4/c1-28-18-6-5-16-11-19-23-7-8-25(29-2,17(12-23)14-27)22-24(23,20(16)21(18)30-22)9-10-26(19)13-15-3-4-15/h5-6,15,17,19,22,27H,3-4,7-14H2,1-2H3/t17-,19?,22-,23-,24?,25-/m1/s1. The lowest BCUT2D eigenvalue weighted by molar-refractivity contribution is -0.281. The molecular formula is C25H33NO4. The predicted molar refractivity (Wildman–Crippen MR) is 112 cm³/mol. The first-order valence-electron chi connectivity index (χ1n) is 11.9. The smallest absolute Gasteiger partial charge is 0.165 e. The molecule has 2 heterocycles. The minimum Gasteiger partial charge on any atom is -0.493 e.